The van der Waals surface area contributed by atoms with Crippen LogP contribution in [0.4, 0.5) is 0 Å². The highest BCUT2D eigenvalue weighted by Gasteiger charge is 2.23. The van der Waals surface area contributed by atoms with Crippen LogP contribution in [0.15, 0.2) is 41.2 Å². The number of hydrogen-bond donors (Lipinski definition) is 1. The molecule has 0 saturated heterocycles. The quantitative estimate of drug-likeness (QED) is 0.905. The summed E-state index contributed by atoms with van der Waals surface area (Å²) in [4.78, 5) is 23.8. The lowest BCUT2D eigenvalue weighted by Crippen LogP contribution is -2.36. The lowest BCUT2D eigenvalue weighted by molar-refractivity contribution is 0.0926. The number of carbonyl (C=O) groups is 1. The van der Waals surface area contributed by atoms with Crippen LogP contribution in [0.3, 0.4) is 0 Å². The van der Waals surface area contributed by atoms with Gasteiger partial charge in [-0.3, -0.25) is 9.59 Å². The first-order valence-corrected chi connectivity index (χ1v) is 7.78. The average Bonchev–Trinajstić information content (AvgIpc) is 2.98. The standard InChI is InChI=1S/C17H19N3O3/c1-2-9-20-16(21)8-7-14(19-20)17(22)18-11-13-10-12-5-3-4-6-15(12)23-13/h3-8,13H,2,9-11H2,1H3,(H,18,22)/t13-/m1/s1. The van der Waals surface area contributed by atoms with Crippen LogP contribution in [0.1, 0.15) is 29.4 Å². The zero-order chi connectivity index (χ0) is 16.2. The van der Waals surface area contributed by atoms with Gasteiger partial charge in [-0.05, 0) is 24.1 Å². The lowest BCUT2D eigenvalue weighted by atomic mass is 10.1. The molecular formula is C17H19N3O3. The predicted octanol–water partition coefficient (Wildman–Crippen LogP) is 1.39. The topological polar surface area (TPSA) is 73.2 Å². The molecule has 0 saturated carbocycles. The SMILES string of the molecule is CCCn1nc(C(=O)NC[C@H]2Cc3ccccc3O2)ccc1=O. The molecule has 0 spiro atoms. The van der Waals surface area contributed by atoms with Gasteiger partial charge in [0.15, 0.2) is 0 Å². The third kappa shape index (κ3) is 3.41. The van der Waals surface area contributed by atoms with Crippen molar-refractivity contribution in [3.63, 3.8) is 0 Å². The molecule has 6 heteroatoms. The summed E-state index contributed by atoms with van der Waals surface area (Å²) in [6.07, 6.45) is 1.49. The van der Waals surface area contributed by atoms with Crippen molar-refractivity contribution in [1.29, 1.82) is 0 Å². The van der Waals surface area contributed by atoms with Crippen molar-refractivity contribution in [1.82, 2.24) is 15.1 Å². The van der Waals surface area contributed by atoms with Crippen molar-refractivity contribution in [3.8, 4) is 5.75 Å². The smallest absolute Gasteiger partial charge is 0.271 e. The zero-order valence-electron chi connectivity index (χ0n) is 13.0. The number of aromatic nitrogens is 2. The first-order valence-electron chi connectivity index (χ1n) is 7.78. The fraction of sp³-hybridized carbons (Fsp3) is 0.353. The number of para-hydroxylation sites is 1. The van der Waals surface area contributed by atoms with Gasteiger partial charge in [0.2, 0.25) is 0 Å². The summed E-state index contributed by atoms with van der Waals surface area (Å²) in [6.45, 7) is 2.86. The van der Waals surface area contributed by atoms with Crippen LogP contribution < -0.4 is 15.6 Å². The van der Waals surface area contributed by atoms with Crippen LogP contribution in [-0.4, -0.2) is 28.3 Å². The van der Waals surface area contributed by atoms with Gasteiger partial charge in [0.25, 0.3) is 11.5 Å². The van der Waals surface area contributed by atoms with E-state index in [1.165, 1.54) is 16.8 Å². The lowest BCUT2D eigenvalue weighted by Gasteiger charge is -2.12. The Kier molecular flexibility index (Phi) is 4.41. The van der Waals surface area contributed by atoms with Gasteiger partial charge in [-0.1, -0.05) is 25.1 Å². The normalized spacial score (nSPS) is 15.8. The molecule has 1 aliphatic rings. The number of aryl methyl sites for hydroxylation is 1. The van der Waals surface area contributed by atoms with E-state index in [-0.39, 0.29) is 23.3 Å². The van der Waals surface area contributed by atoms with E-state index in [1.54, 1.807) is 0 Å². The summed E-state index contributed by atoms with van der Waals surface area (Å²) in [6, 6.07) is 10.7. The van der Waals surface area contributed by atoms with Gasteiger partial charge in [-0.25, -0.2) is 4.68 Å². The van der Waals surface area contributed by atoms with E-state index in [0.717, 1.165) is 24.2 Å². The van der Waals surface area contributed by atoms with Crippen LogP contribution in [0.5, 0.6) is 5.75 Å². The fourth-order valence-corrected chi connectivity index (χ4v) is 2.61. The maximum Gasteiger partial charge on any atom is 0.271 e. The molecule has 1 aliphatic heterocycles. The van der Waals surface area contributed by atoms with Gasteiger partial charge < -0.3 is 10.1 Å². The van der Waals surface area contributed by atoms with Gasteiger partial charge in [0, 0.05) is 19.0 Å². The Labute approximate surface area is 134 Å². The van der Waals surface area contributed by atoms with E-state index >= 15 is 0 Å². The van der Waals surface area contributed by atoms with Crippen molar-refractivity contribution in [3.05, 3.63) is 58.0 Å². The molecule has 1 amide bonds. The van der Waals surface area contributed by atoms with Crippen LogP contribution >= 0.6 is 0 Å². The Hall–Kier alpha value is -2.63. The molecule has 1 aromatic heterocycles. The summed E-state index contributed by atoms with van der Waals surface area (Å²) in [5.74, 6) is 0.579. The second-order valence-corrected chi connectivity index (χ2v) is 5.54. The third-order valence-electron chi connectivity index (χ3n) is 3.74. The number of hydrogen-bond acceptors (Lipinski definition) is 4. The molecule has 1 aromatic carbocycles. The van der Waals surface area contributed by atoms with Crippen molar-refractivity contribution < 1.29 is 9.53 Å². The number of rotatable bonds is 5. The molecular weight excluding hydrogens is 294 g/mol. The molecule has 0 radical (unpaired) electrons. The summed E-state index contributed by atoms with van der Waals surface area (Å²) in [5.41, 5.74) is 1.20. The number of benzene rings is 1. The van der Waals surface area contributed by atoms with E-state index in [4.69, 9.17) is 4.74 Å². The fourth-order valence-electron chi connectivity index (χ4n) is 2.61. The molecule has 0 bridgehead atoms. The Morgan fingerprint density at radius 3 is 2.96 bits per heavy atom. The molecule has 0 unspecified atom stereocenters. The number of fused-ring (bicyclic) bond motifs is 1. The number of nitrogens with zero attached hydrogens (tertiary/aromatic N) is 2. The average molecular weight is 313 g/mol. The van der Waals surface area contributed by atoms with Crippen LogP contribution in [-0.2, 0) is 13.0 Å². The van der Waals surface area contributed by atoms with E-state index in [1.807, 2.05) is 31.2 Å². The van der Waals surface area contributed by atoms with Crippen molar-refractivity contribution in [2.75, 3.05) is 6.54 Å². The van der Waals surface area contributed by atoms with Crippen molar-refractivity contribution >= 4 is 5.91 Å². The van der Waals surface area contributed by atoms with Crippen molar-refractivity contribution in [2.45, 2.75) is 32.4 Å². The minimum atomic E-state index is -0.297. The van der Waals surface area contributed by atoms with E-state index in [2.05, 4.69) is 10.4 Å². The number of ether oxygens (including phenoxy) is 1. The second-order valence-electron chi connectivity index (χ2n) is 5.54. The Bertz CT molecular complexity index is 745. The largest absolute Gasteiger partial charge is 0.488 e. The van der Waals surface area contributed by atoms with Gasteiger partial charge >= 0.3 is 0 Å². The molecule has 120 valence electrons. The molecule has 23 heavy (non-hydrogen) atoms. The highest BCUT2D eigenvalue weighted by molar-refractivity contribution is 5.92. The van der Waals surface area contributed by atoms with E-state index in [9.17, 15) is 9.59 Å². The van der Waals surface area contributed by atoms with Gasteiger partial charge in [-0.15, -0.1) is 0 Å². The van der Waals surface area contributed by atoms with Crippen LogP contribution in [0.25, 0.3) is 0 Å². The van der Waals surface area contributed by atoms with Gasteiger partial charge in [0.1, 0.15) is 17.5 Å². The first-order chi connectivity index (χ1) is 11.2. The number of amides is 1. The maximum absolute atomic E-state index is 12.2. The molecule has 3 rings (SSSR count). The monoisotopic (exact) mass is 313 g/mol. The van der Waals surface area contributed by atoms with Gasteiger partial charge in [0.05, 0.1) is 6.54 Å². The highest BCUT2D eigenvalue weighted by atomic mass is 16.5. The van der Waals surface area contributed by atoms with Crippen molar-refractivity contribution in [2.24, 2.45) is 0 Å². The minimum Gasteiger partial charge on any atom is -0.488 e. The summed E-state index contributed by atoms with van der Waals surface area (Å²) >= 11 is 0. The van der Waals surface area contributed by atoms with Gasteiger partial charge in [-0.2, -0.15) is 5.10 Å². The molecule has 0 aliphatic carbocycles. The first kappa shape index (κ1) is 15.3. The minimum absolute atomic E-state index is 0.0714. The van der Waals surface area contributed by atoms with Crippen LogP contribution in [0.2, 0.25) is 0 Å². The summed E-state index contributed by atoms with van der Waals surface area (Å²) in [7, 11) is 0. The molecule has 2 heterocycles. The molecule has 6 nitrogen and oxygen atoms in total. The Balaban J connectivity index is 1.60. The molecule has 0 fully saturated rings. The Morgan fingerprint density at radius 1 is 1.35 bits per heavy atom. The summed E-state index contributed by atoms with van der Waals surface area (Å²) < 4.78 is 7.10. The second kappa shape index (κ2) is 6.64. The highest BCUT2D eigenvalue weighted by Crippen LogP contribution is 2.27. The van der Waals surface area contributed by atoms with Crippen LogP contribution in [0, 0.1) is 0 Å². The zero-order valence-corrected chi connectivity index (χ0v) is 13.0. The predicted molar refractivity (Wildman–Crippen MR) is 85.7 cm³/mol. The molecule has 2 aromatic rings. The Morgan fingerprint density at radius 2 is 2.17 bits per heavy atom. The third-order valence-corrected chi connectivity index (χ3v) is 3.74. The summed E-state index contributed by atoms with van der Waals surface area (Å²) in [5, 5.41) is 6.92. The molecule has 1 atom stereocenters. The van der Waals surface area contributed by atoms with E-state index in [0.29, 0.717) is 13.1 Å². The number of nitrogens with one attached hydrogen (secondary N) is 1. The van der Waals surface area contributed by atoms with E-state index < -0.39 is 0 Å². The number of carbonyl (C=O) groups excluding carboxylic acids is 1. The molecule has 1 N–H and O–H groups in total. The maximum atomic E-state index is 12.2.